The van der Waals surface area contributed by atoms with Crippen LogP contribution in [0.3, 0.4) is 0 Å². The van der Waals surface area contributed by atoms with E-state index in [-0.39, 0.29) is 25.2 Å². The molecule has 0 radical (unpaired) electrons. The van der Waals surface area contributed by atoms with E-state index in [1.165, 1.54) is 0 Å². The minimum Gasteiger partial charge on any atom is -0.481 e. The highest BCUT2D eigenvalue weighted by Crippen LogP contribution is 1.99. The molecule has 0 heterocycles. The predicted molar refractivity (Wildman–Crippen MR) is 60.6 cm³/mol. The van der Waals surface area contributed by atoms with E-state index in [0.29, 0.717) is 19.4 Å². The molecule has 1 amide bonds. The predicted octanol–water partition coefficient (Wildman–Crippen LogP) is 1.00. The third-order valence-corrected chi connectivity index (χ3v) is 2.18. The Morgan fingerprint density at radius 1 is 0.765 bits per heavy atom. The van der Waals surface area contributed by atoms with Gasteiger partial charge in [-0.3, -0.25) is 14.4 Å². The van der Waals surface area contributed by atoms with Crippen LogP contribution in [0.25, 0.3) is 0 Å². The summed E-state index contributed by atoms with van der Waals surface area (Å²) in [4.78, 5) is 31.6. The lowest BCUT2D eigenvalue weighted by atomic mass is 10.2. The SMILES string of the molecule is O=C(O)CCCCCNC(=O)CCCC(=O)O. The second-order valence-corrected chi connectivity index (χ2v) is 3.80. The van der Waals surface area contributed by atoms with Crippen LogP contribution in [-0.4, -0.2) is 34.6 Å². The van der Waals surface area contributed by atoms with Crippen molar-refractivity contribution in [2.75, 3.05) is 6.54 Å². The molecule has 0 fully saturated rings. The van der Waals surface area contributed by atoms with Gasteiger partial charge in [-0.1, -0.05) is 6.42 Å². The first-order chi connectivity index (χ1) is 8.02. The number of hydrogen-bond acceptors (Lipinski definition) is 3. The van der Waals surface area contributed by atoms with Gasteiger partial charge in [0.1, 0.15) is 0 Å². The first-order valence-corrected chi connectivity index (χ1v) is 5.72. The fraction of sp³-hybridized carbons (Fsp3) is 0.727. The monoisotopic (exact) mass is 245 g/mol. The van der Waals surface area contributed by atoms with Crippen LogP contribution in [0, 0.1) is 0 Å². The zero-order valence-electron chi connectivity index (χ0n) is 9.78. The highest BCUT2D eigenvalue weighted by molar-refractivity contribution is 5.76. The number of carbonyl (C=O) groups excluding carboxylic acids is 1. The zero-order valence-corrected chi connectivity index (χ0v) is 9.78. The molecule has 3 N–H and O–H groups in total. The molecule has 0 aliphatic carbocycles. The van der Waals surface area contributed by atoms with Crippen LogP contribution in [-0.2, 0) is 14.4 Å². The Morgan fingerprint density at radius 2 is 1.35 bits per heavy atom. The van der Waals surface area contributed by atoms with Gasteiger partial charge in [0.05, 0.1) is 0 Å². The van der Waals surface area contributed by atoms with Crippen LogP contribution in [0.4, 0.5) is 0 Å². The fourth-order valence-electron chi connectivity index (χ4n) is 1.29. The van der Waals surface area contributed by atoms with Gasteiger partial charge in [0.25, 0.3) is 0 Å². The number of unbranched alkanes of at least 4 members (excludes halogenated alkanes) is 2. The molecule has 0 aliphatic heterocycles. The van der Waals surface area contributed by atoms with E-state index < -0.39 is 11.9 Å². The molecule has 0 bridgehead atoms. The molecule has 0 spiro atoms. The Kier molecular flexibility index (Phi) is 8.72. The topological polar surface area (TPSA) is 104 Å². The number of carboxylic acid groups (broad SMARTS) is 2. The normalized spacial score (nSPS) is 9.88. The minimum atomic E-state index is -0.897. The molecule has 6 nitrogen and oxygen atoms in total. The number of hydrogen-bond donors (Lipinski definition) is 3. The van der Waals surface area contributed by atoms with Crippen molar-refractivity contribution in [2.45, 2.75) is 44.9 Å². The summed E-state index contributed by atoms with van der Waals surface area (Å²) in [5.41, 5.74) is 0. The Bertz CT molecular complexity index is 265. The lowest BCUT2D eigenvalue weighted by Crippen LogP contribution is -2.24. The van der Waals surface area contributed by atoms with Gasteiger partial charge in [-0.25, -0.2) is 0 Å². The van der Waals surface area contributed by atoms with Crippen LogP contribution in [0.5, 0.6) is 0 Å². The molecular formula is C11H19NO5. The molecule has 17 heavy (non-hydrogen) atoms. The second-order valence-electron chi connectivity index (χ2n) is 3.80. The lowest BCUT2D eigenvalue weighted by molar-refractivity contribution is -0.138. The fourth-order valence-corrected chi connectivity index (χ4v) is 1.29. The summed E-state index contributed by atoms with van der Waals surface area (Å²) in [5.74, 6) is -1.85. The van der Waals surface area contributed by atoms with Crippen molar-refractivity contribution >= 4 is 17.8 Å². The average molecular weight is 245 g/mol. The maximum atomic E-state index is 11.2. The van der Waals surface area contributed by atoms with E-state index in [9.17, 15) is 14.4 Å². The van der Waals surface area contributed by atoms with Gasteiger partial charge in [0, 0.05) is 25.8 Å². The third-order valence-electron chi connectivity index (χ3n) is 2.18. The molecule has 0 aliphatic rings. The quantitative estimate of drug-likeness (QED) is 0.498. The van der Waals surface area contributed by atoms with Gasteiger partial charge in [0.2, 0.25) is 5.91 Å². The molecule has 98 valence electrons. The smallest absolute Gasteiger partial charge is 0.303 e. The summed E-state index contributed by atoms with van der Waals surface area (Å²) in [7, 11) is 0. The number of carboxylic acids is 2. The number of nitrogens with one attached hydrogen (secondary N) is 1. The van der Waals surface area contributed by atoms with Gasteiger partial charge in [-0.05, 0) is 19.3 Å². The molecule has 0 atom stereocenters. The molecule has 0 aromatic heterocycles. The summed E-state index contributed by atoms with van der Waals surface area (Å²) in [6.45, 7) is 0.519. The summed E-state index contributed by atoms with van der Waals surface area (Å²) < 4.78 is 0. The van der Waals surface area contributed by atoms with E-state index in [1.807, 2.05) is 0 Å². The van der Waals surface area contributed by atoms with Crippen molar-refractivity contribution in [2.24, 2.45) is 0 Å². The number of aliphatic carboxylic acids is 2. The van der Waals surface area contributed by atoms with Gasteiger partial charge < -0.3 is 15.5 Å². The van der Waals surface area contributed by atoms with Gasteiger partial charge in [-0.15, -0.1) is 0 Å². The highest BCUT2D eigenvalue weighted by atomic mass is 16.4. The first-order valence-electron chi connectivity index (χ1n) is 5.72. The number of amides is 1. The van der Waals surface area contributed by atoms with Gasteiger partial charge in [0.15, 0.2) is 0 Å². The van der Waals surface area contributed by atoms with Crippen LogP contribution in [0.15, 0.2) is 0 Å². The summed E-state index contributed by atoms with van der Waals surface area (Å²) in [6.07, 6.45) is 2.87. The average Bonchev–Trinajstić information content (AvgIpc) is 2.22. The molecule has 0 saturated heterocycles. The molecule has 0 rings (SSSR count). The minimum absolute atomic E-state index is 0.00598. The first kappa shape index (κ1) is 15.4. The van der Waals surface area contributed by atoms with Crippen molar-refractivity contribution in [3.8, 4) is 0 Å². The van der Waals surface area contributed by atoms with Crippen LogP contribution in [0.1, 0.15) is 44.9 Å². The van der Waals surface area contributed by atoms with Crippen molar-refractivity contribution in [3.63, 3.8) is 0 Å². The van der Waals surface area contributed by atoms with E-state index >= 15 is 0 Å². The summed E-state index contributed by atoms with van der Waals surface area (Å²) in [6, 6.07) is 0. The van der Waals surface area contributed by atoms with Crippen molar-refractivity contribution in [1.29, 1.82) is 0 Å². The van der Waals surface area contributed by atoms with E-state index in [4.69, 9.17) is 10.2 Å². The van der Waals surface area contributed by atoms with E-state index in [1.54, 1.807) is 0 Å². The molecular weight excluding hydrogens is 226 g/mol. The number of rotatable bonds is 10. The van der Waals surface area contributed by atoms with Crippen molar-refractivity contribution < 1.29 is 24.6 Å². The second kappa shape index (κ2) is 9.62. The maximum Gasteiger partial charge on any atom is 0.303 e. The lowest BCUT2D eigenvalue weighted by Gasteiger charge is -2.03. The largest absolute Gasteiger partial charge is 0.481 e. The summed E-state index contributed by atoms with van der Waals surface area (Å²) in [5, 5.41) is 19.4. The van der Waals surface area contributed by atoms with E-state index in [2.05, 4.69) is 5.32 Å². The standard InChI is InChI=1S/C11H19NO5/c13-9(5-4-7-11(16)17)12-8-3-1-2-6-10(14)15/h1-8H2,(H,12,13)(H,14,15)(H,16,17). The highest BCUT2D eigenvalue weighted by Gasteiger charge is 2.03. The molecule has 6 heteroatoms. The Balaban J connectivity index is 3.27. The molecule has 0 aromatic carbocycles. The van der Waals surface area contributed by atoms with Gasteiger partial charge in [-0.2, -0.15) is 0 Å². The van der Waals surface area contributed by atoms with Crippen molar-refractivity contribution in [3.05, 3.63) is 0 Å². The molecule has 0 aromatic rings. The van der Waals surface area contributed by atoms with Crippen LogP contribution >= 0.6 is 0 Å². The summed E-state index contributed by atoms with van der Waals surface area (Å²) >= 11 is 0. The van der Waals surface area contributed by atoms with Crippen molar-refractivity contribution in [1.82, 2.24) is 5.32 Å². The Morgan fingerprint density at radius 3 is 1.94 bits per heavy atom. The Labute approximate surface area is 100 Å². The molecule has 0 saturated carbocycles. The van der Waals surface area contributed by atoms with Crippen LogP contribution in [0.2, 0.25) is 0 Å². The third kappa shape index (κ3) is 12.3. The Hall–Kier alpha value is -1.59. The van der Waals surface area contributed by atoms with Crippen LogP contribution < -0.4 is 5.32 Å². The van der Waals surface area contributed by atoms with Gasteiger partial charge >= 0.3 is 11.9 Å². The number of carbonyl (C=O) groups is 3. The maximum absolute atomic E-state index is 11.2. The van der Waals surface area contributed by atoms with E-state index in [0.717, 1.165) is 12.8 Å². The molecule has 0 unspecified atom stereocenters. The zero-order chi connectivity index (χ0) is 13.1.